The Morgan fingerprint density at radius 1 is 1.03 bits per heavy atom. The van der Waals surface area contributed by atoms with E-state index in [1.165, 1.54) is 22.3 Å². The molecule has 2 N–H and O–H groups in total. The van der Waals surface area contributed by atoms with Crippen LogP contribution < -0.4 is 5.32 Å². The van der Waals surface area contributed by atoms with Crippen LogP contribution >= 0.6 is 0 Å². The quantitative estimate of drug-likeness (QED) is 0.649. The predicted molar refractivity (Wildman–Crippen MR) is 131 cm³/mol. The molecular formula is C28H32N2O5. The Hall–Kier alpha value is -3.35. The summed E-state index contributed by atoms with van der Waals surface area (Å²) in [6.45, 7) is 3.00. The molecule has 1 aliphatic heterocycles. The van der Waals surface area contributed by atoms with E-state index < -0.39 is 17.5 Å². The molecule has 2 atom stereocenters. The summed E-state index contributed by atoms with van der Waals surface area (Å²) in [4.78, 5) is 38.3. The molecule has 2 fully saturated rings. The molecule has 1 heterocycles. The van der Waals surface area contributed by atoms with E-state index in [2.05, 4.69) is 29.6 Å². The summed E-state index contributed by atoms with van der Waals surface area (Å²) in [5.41, 5.74) is 3.93. The van der Waals surface area contributed by atoms with Gasteiger partial charge in [0, 0.05) is 31.5 Å². The minimum absolute atomic E-state index is 0.0258. The standard InChI is InChI=1S/C28H32N2O5/c1-28(26(32)33)16-30(17-28)25(31)19-8-6-7-18(13-19)14-29-27(34)35-15-24-22-11-4-2-9-20(22)21-10-3-5-12-23(21)24/h2-5,9-12,18-19,24H,6-8,13-17H2,1H3,(H,29,34)(H,32,33). The van der Waals surface area contributed by atoms with Crippen molar-refractivity contribution in [1.82, 2.24) is 10.2 Å². The van der Waals surface area contributed by atoms with Gasteiger partial charge in [-0.1, -0.05) is 55.0 Å². The van der Waals surface area contributed by atoms with E-state index in [9.17, 15) is 19.5 Å². The van der Waals surface area contributed by atoms with Gasteiger partial charge >= 0.3 is 12.1 Å². The first-order chi connectivity index (χ1) is 16.9. The number of nitrogens with zero attached hydrogens (tertiary/aromatic N) is 1. The third kappa shape index (κ3) is 4.51. The summed E-state index contributed by atoms with van der Waals surface area (Å²) in [6, 6.07) is 16.5. The first kappa shape index (κ1) is 23.4. The maximum atomic E-state index is 12.8. The SMILES string of the molecule is CC1(C(=O)O)CN(C(=O)C2CCCC(CNC(=O)OCC3c4ccccc4-c4ccccc43)C2)C1. The van der Waals surface area contributed by atoms with Gasteiger partial charge in [0.15, 0.2) is 0 Å². The third-order valence-corrected chi connectivity index (χ3v) is 7.92. The van der Waals surface area contributed by atoms with Gasteiger partial charge in [0.2, 0.25) is 5.91 Å². The van der Waals surface area contributed by atoms with Crippen molar-refractivity contribution < 1.29 is 24.2 Å². The van der Waals surface area contributed by atoms with E-state index in [0.29, 0.717) is 13.0 Å². The Bertz CT molecular complexity index is 1090. The molecule has 2 aromatic rings. The molecule has 7 nitrogen and oxygen atoms in total. The number of amides is 2. The summed E-state index contributed by atoms with van der Waals surface area (Å²) in [7, 11) is 0. The normalized spacial score (nSPS) is 22.5. The van der Waals surface area contributed by atoms with E-state index in [0.717, 1.165) is 19.3 Å². The van der Waals surface area contributed by atoms with Gasteiger partial charge in [-0.25, -0.2) is 4.79 Å². The van der Waals surface area contributed by atoms with Crippen molar-refractivity contribution in [2.75, 3.05) is 26.2 Å². The molecule has 0 spiro atoms. The lowest BCUT2D eigenvalue weighted by Crippen LogP contribution is -2.61. The molecule has 5 rings (SSSR count). The maximum Gasteiger partial charge on any atom is 0.407 e. The first-order valence-corrected chi connectivity index (χ1v) is 12.5. The summed E-state index contributed by atoms with van der Waals surface area (Å²) in [6.07, 6.45) is 2.99. The molecule has 1 saturated carbocycles. The molecule has 2 amide bonds. The van der Waals surface area contributed by atoms with Gasteiger partial charge in [0.1, 0.15) is 6.61 Å². The van der Waals surface area contributed by atoms with Crippen molar-refractivity contribution in [2.45, 2.75) is 38.5 Å². The number of carboxylic acids is 1. The molecule has 184 valence electrons. The van der Waals surface area contributed by atoms with E-state index >= 15 is 0 Å². The Morgan fingerprint density at radius 2 is 1.66 bits per heavy atom. The lowest BCUT2D eigenvalue weighted by atomic mass is 9.77. The van der Waals surface area contributed by atoms with E-state index in [-0.39, 0.29) is 43.4 Å². The Balaban J connectivity index is 1.11. The number of benzene rings is 2. The molecule has 2 aromatic carbocycles. The van der Waals surface area contributed by atoms with Crippen LogP contribution in [0, 0.1) is 17.3 Å². The van der Waals surface area contributed by atoms with Gasteiger partial charge in [-0.15, -0.1) is 0 Å². The van der Waals surface area contributed by atoms with Crippen molar-refractivity contribution in [3.63, 3.8) is 0 Å². The number of nitrogens with one attached hydrogen (secondary N) is 1. The van der Waals surface area contributed by atoms with Gasteiger partial charge in [-0.2, -0.15) is 0 Å². The fourth-order valence-electron chi connectivity index (χ4n) is 5.92. The molecule has 2 unspecified atom stereocenters. The zero-order valence-electron chi connectivity index (χ0n) is 20.0. The number of likely N-dealkylation sites (tertiary alicyclic amines) is 1. The lowest BCUT2D eigenvalue weighted by molar-refractivity contribution is -0.166. The van der Waals surface area contributed by atoms with Crippen molar-refractivity contribution in [3.05, 3.63) is 59.7 Å². The van der Waals surface area contributed by atoms with Gasteiger partial charge < -0.3 is 20.1 Å². The van der Waals surface area contributed by atoms with Crippen molar-refractivity contribution in [3.8, 4) is 11.1 Å². The molecular weight excluding hydrogens is 444 g/mol. The van der Waals surface area contributed by atoms with Crippen LogP contribution in [0.5, 0.6) is 0 Å². The number of rotatable bonds is 6. The molecule has 2 aliphatic carbocycles. The second-order valence-electron chi connectivity index (χ2n) is 10.5. The summed E-state index contributed by atoms with van der Waals surface area (Å²) in [5, 5.41) is 12.2. The number of hydrogen-bond acceptors (Lipinski definition) is 4. The second kappa shape index (κ2) is 9.36. The average Bonchev–Trinajstić information content (AvgIpc) is 3.17. The van der Waals surface area contributed by atoms with Gasteiger partial charge in [0.25, 0.3) is 0 Å². The van der Waals surface area contributed by atoms with E-state index in [1.807, 2.05) is 24.3 Å². The Kier molecular flexibility index (Phi) is 6.26. The monoisotopic (exact) mass is 476 g/mol. The van der Waals surface area contributed by atoms with Crippen LogP contribution in [0.25, 0.3) is 11.1 Å². The summed E-state index contributed by atoms with van der Waals surface area (Å²) < 4.78 is 5.63. The first-order valence-electron chi connectivity index (χ1n) is 12.5. The van der Waals surface area contributed by atoms with E-state index in [1.54, 1.807) is 11.8 Å². The van der Waals surface area contributed by atoms with Crippen LogP contribution in [0.3, 0.4) is 0 Å². The summed E-state index contributed by atoms with van der Waals surface area (Å²) >= 11 is 0. The van der Waals surface area contributed by atoms with Crippen LogP contribution in [0.1, 0.15) is 49.7 Å². The number of hydrogen-bond donors (Lipinski definition) is 2. The Morgan fingerprint density at radius 3 is 2.29 bits per heavy atom. The van der Waals surface area contributed by atoms with Crippen LogP contribution in [0.2, 0.25) is 0 Å². The number of carbonyl (C=O) groups excluding carboxylic acids is 2. The number of alkyl carbamates (subject to hydrolysis) is 1. The zero-order valence-corrected chi connectivity index (χ0v) is 20.0. The van der Waals surface area contributed by atoms with Crippen molar-refractivity contribution in [1.29, 1.82) is 0 Å². The molecule has 0 radical (unpaired) electrons. The molecule has 3 aliphatic rings. The highest BCUT2D eigenvalue weighted by atomic mass is 16.5. The highest BCUT2D eigenvalue weighted by molar-refractivity contribution is 5.84. The largest absolute Gasteiger partial charge is 0.481 e. The average molecular weight is 477 g/mol. The highest BCUT2D eigenvalue weighted by Crippen LogP contribution is 2.44. The number of carbonyl (C=O) groups is 3. The summed E-state index contributed by atoms with van der Waals surface area (Å²) in [5.74, 6) is -0.663. The Labute approximate surface area is 205 Å². The number of fused-ring (bicyclic) bond motifs is 3. The van der Waals surface area contributed by atoms with Crippen LogP contribution in [0.15, 0.2) is 48.5 Å². The minimum Gasteiger partial charge on any atom is -0.481 e. The van der Waals surface area contributed by atoms with E-state index in [4.69, 9.17) is 4.74 Å². The fourth-order valence-corrected chi connectivity index (χ4v) is 5.92. The molecule has 1 saturated heterocycles. The minimum atomic E-state index is -0.852. The smallest absolute Gasteiger partial charge is 0.407 e. The van der Waals surface area contributed by atoms with Crippen LogP contribution in [-0.4, -0.2) is 54.2 Å². The zero-order chi connectivity index (χ0) is 24.6. The highest BCUT2D eigenvalue weighted by Gasteiger charge is 2.48. The number of ether oxygens (including phenoxy) is 1. The molecule has 7 heteroatoms. The van der Waals surface area contributed by atoms with Crippen molar-refractivity contribution >= 4 is 18.0 Å². The van der Waals surface area contributed by atoms with Gasteiger partial charge in [0.05, 0.1) is 5.41 Å². The van der Waals surface area contributed by atoms with Crippen molar-refractivity contribution in [2.24, 2.45) is 17.3 Å². The maximum absolute atomic E-state index is 12.8. The van der Waals surface area contributed by atoms with Gasteiger partial charge in [-0.3, -0.25) is 9.59 Å². The van der Waals surface area contributed by atoms with Crippen LogP contribution in [-0.2, 0) is 14.3 Å². The third-order valence-electron chi connectivity index (χ3n) is 7.92. The van der Waals surface area contributed by atoms with Gasteiger partial charge in [-0.05, 0) is 54.4 Å². The number of aliphatic carboxylic acids is 1. The molecule has 0 aromatic heterocycles. The molecule has 0 bridgehead atoms. The van der Waals surface area contributed by atoms with Crippen LogP contribution in [0.4, 0.5) is 4.79 Å². The number of carboxylic acid groups (broad SMARTS) is 1. The topological polar surface area (TPSA) is 95.9 Å². The predicted octanol–water partition coefficient (Wildman–Crippen LogP) is 4.26. The fraction of sp³-hybridized carbons (Fsp3) is 0.464. The molecule has 35 heavy (non-hydrogen) atoms. The lowest BCUT2D eigenvalue weighted by Gasteiger charge is -2.46. The second-order valence-corrected chi connectivity index (χ2v) is 10.5.